The van der Waals surface area contributed by atoms with E-state index in [-0.39, 0.29) is 0 Å². The average molecular weight is 236 g/mol. The lowest BCUT2D eigenvalue weighted by Gasteiger charge is -2.22. The smallest absolute Gasteiger partial charge is 0.165 e. The Kier molecular flexibility index (Phi) is 4.23. The molecule has 17 heavy (non-hydrogen) atoms. The fourth-order valence-electron chi connectivity index (χ4n) is 1.94. The van der Waals surface area contributed by atoms with E-state index in [0.29, 0.717) is 19.3 Å². The molecule has 94 valence electrons. The van der Waals surface area contributed by atoms with E-state index in [1.165, 1.54) is 0 Å². The Morgan fingerprint density at radius 1 is 1.29 bits per heavy atom. The van der Waals surface area contributed by atoms with Crippen LogP contribution in [0.25, 0.3) is 0 Å². The highest BCUT2D eigenvalue weighted by Gasteiger charge is 2.15. The Morgan fingerprint density at radius 2 is 2.12 bits per heavy atom. The molecule has 2 rings (SSSR count). The molecule has 1 aromatic carbocycles. The average Bonchev–Trinajstić information content (AvgIpc) is 2.36. The molecule has 0 saturated heterocycles. The molecule has 0 fully saturated rings. The van der Waals surface area contributed by atoms with E-state index >= 15 is 0 Å². The van der Waals surface area contributed by atoms with E-state index in [1.807, 2.05) is 19.2 Å². The molecule has 0 spiro atoms. The number of para-hydroxylation sites is 1. The van der Waals surface area contributed by atoms with E-state index in [0.717, 1.165) is 30.2 Å². The van der Waals surface area contributed by atoms with Crippen LogP contribution in [0, 0.1) is 0 Å². The third-order valence-corrected chi connectivity index (χ3v) is 2.80. The number of hydrogen-bond donors (Lipinski definition) is 2. The topological polar surface area (TPSA) is 42.5 Å². The number of likely N-dealkylation sites (N-methyl/N-ethyl adjacent to an activating group) is 1. The summed E-state index contributed by atoms with van der Waals surface area (Å²) < 4.78 is 11.2. The Morgan fingerprint density at radius 3 is 2.94 bits per heavy atom. The van der Waals surface area contributed by atoms with Crippen LogP contribution >= 0.6 is 0 Å². The lowest BCUT2D eigenvalue weighted by atomic mass is 10.1. The minimum absolute atomic E-state index is 0.431. The van der Waals surface area contributed by atoms with Crippen molar-refractivity contribution in [3.05, 3.63) is 23.8 Å². The van der Waals surface area contributed by atoms with E-state index in [9.17, 15) is 0 Å². The van der Waals surface area contributed by atoms with Gasteiger partial charge in [0.1, 0.15) is 13.2 Å². The molecule has 0 aliphatic carbocycles. The molecule has 1 heterocycles. The predicted molar refractivity (Wildman–Crippen MR) is 67.7 cm³/mol. The van der Waals surface area contributed by atoms with Crippen LogP contribution < -0.4 is 20.1 Å². The summed E-state index contributed by atoms with van der Waals surface area (Å²) in [6, 6.07) is 6.47. The second-order valence-electron chi connectivity index (χ2n) is 4.28. The van der Waals surface area contributed by atoms with Crippen molar-refractivity contribution in [3.8, 4) is 11.5 Å². The Balaban J connectivity index is 2.01. The molecule has 1 unspecified atom stereocenters. The van der Waals surface area contributed by atoms with Crippen molar-refractivity contribution in [1.29, 1.82) is 0 Å². The molecule has 0 aromatic heterocycles. The normalized spacial score (nSPS) is 15.6. The predicted octanol–water partition coefficient (Wildman–Crippen LogP) is 1.16. The lowest BCUT2D eigenvalue weighted by Crippen LogP contribution is -2.34. The molecule has 4 nitrogen and oxygen atoms in total. The molecular weight excluding hydrogens is 216 g/mol. The summed E-state index contributed by atoms with van der Waals surface area (Å²) in [6.45, 7) is 5.18. The molecule has 1 aliphatic heterocycles. The van der Waals surface area contributed by atoms with Crippen LogP contribution in [0.3, 0.4) is 0 Å². The van der Waals surface area contributed by atoms with Gasteiger partial charge in [-0.2, -0.15) is 0 Å². The highest BCUT2D eigenvalue weighted by atomic mass is 16.6. The third kappa shape index (κ3) is 3.11. The first kappa shape index (κ1) is 12.2. The number of fused-ring (bicyclic) bond motifs is 1. The molecule has 1 aromatic rings. The van der Waals surface area contributed by atoms with Gasteiger partial charge < -0.3 is 20.1 Å². The second-order valence-corrected chi connectivity index (χ2v) is 4.28. The fourth-order valence-corrected chi connectivity index (χ4v) is 1.94. The molecule has 0 radical (unpaired) electrons. The van der Waals surface area contributed by atoms with E-state index in [1.54, 1.807) is 0 Å². The van der Waals surface area contributed by atoms with Gasteiger partial charge in [-0.15, -0.1) is 0 Å². The van der Waals surface area contributed by atoms with Gasteiger partial charge in [-0.3, -0.25) is 0 Å². The van der Waals surface area contributed by atoms with Gasteiger partial charge in [-0.25, -0.2) is 0 Å². The maximum Gasteiger partial charge on any atom is 0.165 e. The first-order valence-corrected chi connectivity index (χ1v) is 6.06. The van der Waals surface area contributed by atoms with Crippen molar-refractivity contribution in [1.82, 2.24) is 10.6 Å². The van der Waals surface area contributed by atoms with Gasteiger partial charge in [0.05, 0.1) is 0 Å². The van der Waals surface area contributed by atoms with Gasteiger partial charge in [-0.05, 0) is 20.0 Å². The van der Waals surface area contributed by atoms with Gasteiger partial charge in [0, 0.05) is 24.7 Å². The minimum atomic E-state index is 0.431. The van der Waals surface area contributed by atoms with E-state index in [4.69, 9.17) is 9.47 Å². The molecular formula is C13H20N2O2. The highest BCUT2D eigenvalue weighted by Crippen LogP contribution is 2.33. The van der Waals surface area contributed by atoms with Crippen molar-refractivity contribution >= 4 is 0 Å². The van der Waals surface area contributed by atoms with Gasteiger partial charge in [-0.1, -0.05) is 12.1 Å². The van der Waals surface area contributed by atoms with Gasteiger partial charge >= 0.3 is 0 Å². The SMILES string of the molecule is CNCC(C)NCc1cccc2c1OCCO2. The molecule has 0 saturated carbocycles. The zero-order valence-electron chi connectivity index (χ0n) is 10.5. The first-order chi connectivity index (χ1) is 8.31. The number of rotatable bonds is 5. The fraction of sp³-hybridized carbons (Fsp3) is 0.538. The number of ether oxygens (including phenoxy) is 2. The number of benzene rings is 1. The lowest BCUT2D eigenvalue weighted by molar-refractivity contribution is 0.169. The van der Waals surface area contributed by atoms with Crippen LogP contribution in [0.4, 0.5) is 0 Å². The van der Waals surface area contributed by atoms with Gasteiger partial charge in [0.2, 0.25) is 0 Å². The summed E-state index contributed by atoms with van der Waals surface area (Å²) in [6.07, 6.45) is 0. The summed E-state index contributed by atoms with van der Waals surface area (Å²) in [5.74, 6) is 1.75. The summed E-state index contributed by atoms with van der Waals surface area (Å²) in [7, 11) is 1.96. The standard InChI is InChI=1S/C13H20N2O2/c1-10(8-14-2)15-9-11-4-3-5-12-13(11)17-7-6-16-12/h3-5,10,14-15H,6-9H2,1-2H3. The summed E-state index contributed by atoms with van der Waals surface area (Å²) >= 11 is 0. The van der Waals surface area contributed by atoms with Crippen LogP contribution in [-0.2, 0) is 6.54 Å². The third-order valence-electron chi connectivity index (χ3n) is 2.80. The van der Waals surface area contributed by atoms with Crippen molar-refractivity contribution in [2.45, 2.75) is 19.5 Å². The summed E-state index contributed by atoms with van der Waals surface area (Å²) in [5, 5.41) is 6.60. The molecule has 1 aliphatic rings. The monoisotopic (exact) mass is 236 g/mol. The molecule has 2 N–H and O–H groups in total. The van der Waals surface area contributed by atoms with E-state index < -0.39 is 0 Å². The van der Waals surface area contributed by atoms with Crippen molar-refractivity contribution in [2.75, 3.05) is 26.8 Å². The molecule has 0 amide bonds. The summed E-state index contributed by atoms with van der Waals surface area (Å²) in [5.41, 5.74) is 1.16. The van der Waals surface area contributed by atoms with Crippen LogP contribution in [0.5, 0.6) is 11.5 Å². The van der Waals surface area contributed by atoms with Gasteiger partial charge in [0.15, 0.2) is 11.5 Å². The zero-order valence-corrected chi connectivity index (χ0v) is 10.5. The first-order valence-electron chi connectivity index (χ1n) is 6.06. The van der Waals surface area contributed by atoms with Crippen molar-refractivity contribution in [3.63, 3.8) is 0 Å². The maximum absolute atomic E-state index is 5.67. The van der Waals surface area contributed by atoms with E-state index in [2.05, 4.69) is 23.6 Å². The zero-order chi connectivity index (χ0) is 12.1. The maximum atomic E-state index is 5.67. The minimum Gasteiger partial charge on any atom is -0.486 e. The Labute approximate surface area is 102 Å². The number of hydrogen-bond acceptors (Lipinski definition) is 4. The second kappa shape index (κ2) is 5.89. The quantitative estimate of drug-likeness (QED) is 0.805. The molecule has 0 bridgehead atoms. The molecule has 4 heteroatoms. The van der Waals surface area contributed by atoms with Crippen molar-refractivity contribution < 1.29 is 9.47 Å². The number of nitrogens with one attached hydrogen (secondary N) is 2. The van der Waals surface area contributed by atoms with Crippen LogP contribution in [0.2, 0.25) is 0 Å². The van der Waals surface area contributed by atoms with Crippen LogP contribution in [0.15, 0.2) is 18.2 Å². The summed E-state index contributed by atoms with van der Waals surface area (Å²) in [4.78, 5) is 0. The van der Waals surface area contributed by atoms with Crippen LogP contribution in [0.1, 0.15) is 12.5 Å². The van der Waals surface area contributed by atoms with Crippen LogP contribution in [-0.4, -0.2) is 32.8 Å². The Hall–Kier alpha value is -1.26. The van der Waals surface area contributed by atoms with Gasteiger partial charge in [0.25, 0.3) is 0 Å². The highest BCUT2D eigenvalue weighted by molar-refractivity contribution is 5.47. The molecule has 1 atom stereocenters. The van der Waals surface area contributed by atoms with Crippen molar-refractivity contribution in [2.24, 2.45) is 0 Å². The Bertz CT molecular complexity index is 368. The largest absolute Gasteiger partial charge is 0.486 e.